The molecule has 3 aromatic carbocycles. The smallest absolute Gasteiger partial charge is 0.243 e. The Kier molecular flexibility index (Phi) is 12.9. The summed E-state index contributed by atoms with van der Waals surface area (Å²) in [5.41, 5.74) is 2.13. The maximum Gasteiger partial charge on any atom is 0.243 e. The van der Waals surface area contributed by atoms with Crippen molar-refractivity contribution in [3.8, 4) is 5.75 Å². The maximum atomic E-state index is 14.0. The number of hydrogen-bond donors (Lipinski definition) is 1. The minimum atomic E-state index is -3.62. The molecule has 10 heteroatoms. The van der Waals surface area contributed by atoms with Crippen LogP contribution in [0.2, 0.25) is 5.02 Å². The Balaban J connectivity index is 1.88. The number of nitrogens with one attached hydrogen (secondary N) is 1. The zero-order valence-corrected chi connectivity index (χ0v) is 26.9. The predicted molar refractivity (Wildman–Crippen MR) is 173 cm³/mol. The van der Waals surface area contributed by atoms with Gasteiger partial charge in [-0.1, -0.05) is 67.1 Å². The van der Waals surface area contributed by atoms with Gasteiger partial charge in [-0.15, -0.1) is 0 Å². The lowest BCUT2D eigenvalue weighted by Crippen LogP contribution is -2.52. The average Bonchev–Trinajstić information content (AvgIpc) is 2.98. The van der Waals surface area contributed by atoms with Crippen molar-refractivity contribution in [3.63, 3.8) is 0 Å². The van der Waals surface area contributed by atoms with E-state index in [9.17, 15) is 18.0 Å². The normalized spacial score (nSPS) is 12.7. The molecule has 0 fully saturated rings. The molecule has 0 aliphatic rings. The number of hydrogen-bond acceptors (Lipinski definition) is 5. The van der Waals surface area contributed by atoms with Gasteiger partial charge in [0, 0.05) is 37.0 Å². The fourth-order valence-corrected chi connectivity index (χ4v) is 5.85. The summed E-state index contributed by atoms with van der Waals surface area (Å²) < 4.78 is 32.1. The van der Waals surface area contributed by atoms with E-state index < -0.39 is 16.1 Å². The minimum Gasteiger partial charge on any atom is -0.494 e. The molecule has 0 unspecified atom stereocenters. The summed E-state index contributed by atoms with van der Waals surface area (Å²) in [7, 11) is -3.62. The number of amides is 2. The van der Waals surface area contributed by atoms with Crippen molar-refractivity contribution < 1.29 is 22.7 Å². The van der Waals surface area contributed by atoms with Gasteiger partial charge in [0.2, 0.25) is 21.8 Å². The molecular weight excluding hydrogens is 586 g/mol. The minimum absolute atomic E-state index is 0.0371. The summed E-state index contributed by atoms with van der Waals surface area (Å²) in [5.74, 6) is 0.135. The van der Waals surface area contributed by atoms with Crippen LogP contribution in [0.25, 0.3) is 0 Å². The Hall–Kier alpha value is -3.56. The van der Waals surface area contributed by atoms with Crippen molar-refractivity contribution in [3.05, 3.63) is 95.0 Å². The molecule has 3 aromatic rings. The van der Waals surface area contributed by atoms with Gasteiger partial charge >= 0.3 is 0 Å². The van der Waals surface area contributed by atoms with E-state index in [1.165, 1.54) is 4.31 Å². The molecule has 0 aliphatic heterocycles. The summed E-state index contributed by atoms with van der Waals surface area (Å²) in [6.07, 6.45) is 2.50. The Morgan fingerprint density at radius 2 is 1.60 bits per heavy atom. The van der Waals surface area contributed by atoms with Crippen LogP contribution in [0.4, 0.5) is 5.69 Å². The van der Waals surface area contributed by atoms with Crippen LogP contribution in [0.15, 0.2) is 78.9 Å². The molecule has 0 spiro atoms. The predicted octanol–water partition coefficient (Wildman–Crippen LogP) is 5.84. The van der Waals surface area contributed by atoms with E-state index in [0.717, 1.165) is 23.8 Å². The molecule has 0 aliphatic carbocycles. The van der Waals surface area contributed by atoms with E-state index in [-0.39, 0.29) is 43.8 Å². The van der Waals surface area contributed by atoms with Crippen molar-refractivity contribution in [2.75, 3.05) is 23.7 Å². The lowest BCUT2D eigenvalue weighted by Gasteiger charge is -2.33. The van der Waals surface area contributed by atoms with E-state index >= 15 is 0 Å². The lowest BCUT2D eigenvalue weighted by molar-refractivity contribution is -0.141. The van der Waals surface area contributed by atoms with Crippen LogP contribution in [0.1, 0.15) is 51.2 Å². The van der Waals surface area contributed by atoms with Gasteiger partial charge in [-0.05, 0) is 68.1 Å². The molecule has 2 atom stereocenters. The van der Waals surface area contributed by atoms with Crippen molar-refractivity contribution in [1.29, 1.82) is 0 Å². The second kappa shape index (κ2) is 16.3. The van der Waals surface area contributed by atoms with Gasteiger partial charge in [0.15, 0.2) is 0 Å². The standard InChI is InChI=1S/C33H42ClN3O5S/c1-5-25(3)35-33(39)31(23-26-13-8-7-9-14-26)36(24-27-15-10-11-16-30(27)34)32(38)17-12-22-37(43(4,40)41)28-18-20-29(21-19-28)42-6-2/h7-11,13-16,18-21,25,31H,5-6,12,17,22-24H2,1-4H3,(H,35,39)/t25-,31+/m0/s1. The number of ether oxygens (including phenoxy) is 1. The van der Waals surface area contributed by atoms with Gasteiger partial charge in [-0.2, -0.15) is 0 Å². The van der Waals surface area contributed by atoms with Crippen molar-refractivity contribution in [2.45, 2.75) is 65.1 Å². The number of carbonyl (C=O) groups is 2. The zero-order valence-electron chi connectivity index (χ0n) is 25.3. The first-order valence-electron chi connectivity index (χ1n) is 14.6. The van der Waals surface area contributed by atoms with Crippen LogP contribution in [0.5, 0.6) is 5.75 Å². The second-order valence-corrected chi connectivity index (χ2v) is 12.8. The number of anilines is 1. The maximum absolute atomic E-state index is 14.0. The van der Waals surface area contributed by atoms with Crippen LogP contribution >= 0.6 is 11.6 Å². The van der Waals surface area contributed by atoms with Crippen molar-refractivity contribution in [2.24, 2.45) is 0 Å². The van der Waals surface area contributed by atoms with Gasteiger partial charge in [-0.25, -0.2) is 8.42 Å². The summed E-state index contributed by atoms with van der Waals surface area (Å²) in [5, 5.41) is 3.55. The number of carbonyl (C=O) groups excluding carboxylic acids is 2. The molecule has 0 aromatic heterocycles. The number of halogens is 1. The Morgan fingerprint density at radius 3 is 2.21 bits per heavy atom. The molecule has 3 rings (SSSR count). The van der Waals surface area contributed by atoms with Crippen LogP contribution in [-0.2, 0) is 32.6 Å². The molecule has 43 heavy (non-hydrogen) atoms. The van der Waals surface area contributed by atoms with E-state index in [2.05, 4.69) is 5.32 Å². The van der Waals surface area contributed by atoms with Gasteiger partial charge < -0.3 is 15.0 Å². The highest BCUT2D eigenvalue weighted by Crippen LogP contribution is 2.24. The van der Waals surface area contributed by atoms with Crippen LogP contribution in [0.3, 0.4) is 0 Å². The Bertz CT molecular complexity index is 1430. The highest BCUT2D eigenvalue weighted by atomic mass is 35.5. The molecule has 0 saturated carbocycles. The summed E-state index contributed by atoms with van der Waals surface area (Å²) in [6, 6.07) is 22.8. The van der Waals surface area contributed by atoms with E-state index in [1.54, 1.807) is 35.2 Å². The van der Waals surface area contributed by atoms with Crippen molar-refractivity contribution in [1.82, 2.24) is 10.2 Å². The van der Waals surface area contributed by atoms with Crippen LogP contribution < -0.4 is 14.4 Å². The molecular formula is C33H42ClN3O5S. The first-order chi connectivity index (χ1) is 20.5. The van der Waals surface area contributed by atoms with Crippen molar-refractivity contribution >= 4 is 39.1 Å². The van der Waals surface area contributed by atoms with E-state index in [0.29, 0.717) is 29.5 Å². The molecule has 8 nitrogen and oxygen atoms in total. The number of benzene rings is 3. The zero-order chi connectivity index (χ0) is 31.4. The summed E-state index contributed by atoms with van der Waals surface area (Å²) >= 11 is 6.50. The molecule has 0 heterocycles. The quantitative estimate of drug-likeness (QED) is 0.215. The average molecular weight is 628 g/mol. The summed E-state index contributed by atoms with van der Waals surface area (Å²) in [6.45, 7) is 6.53. The lowest BCUT2D eigenvalue weighted by atomic mass is 10.0. The largest absolute Gasteiger partial charge is 0.494 e. The fourth-order valence-electron chi connectivity index (χ4n) is 4.68. The highest BCUT2D eigenvalue weighted by molar-refractivity contribution is 7.92. The SMILES string of the molecule is CCOc1ccc(N(CCCC(=O)N(Cc2ccccc2Cl)[C@H](Cc2ccccc2)C(=O)N[C@@H](C)CC)S(C)(=O)=O)cc1. The molecule has 0 radical (unpaired) electrons. The van der Waals surface area contributed by atoms with E-state index in [1.807, 2.05) is 69.3 Å². The third-order valence-electron chi connectivity index (χ3n) is 7.16. The third-order valence-corrected chi connectivity index (χ3v) is 8.72. The number of sulfonamides is 1. The number of rotatable bonds is 16. The monoisotopic (exact) mass is 627 g/mol. The fraction of sp³-hybridized carbons (Fsp3) is 0.394. The first-order valence-corrected chi connectivity index (χ1v) is 16.8. The molecule has 232 valence electrons. The van der Waals surface area contributed by atoms with Gasteiger partial charge in [0.25, 0.3) is 0 Å². The van der Waals surface area contributed by atoms with Gasteiger partial charge in [0.1, 0.15) is 11.8 Å². The molecule has 1 N–H and O–H groups in total. The number of nitrogens with zero attached hydrogens (tertiary/aromatic N) is 2. The Morgan fingerprint density at radius 1 is 0.953 bits per heavy atom. The first kappa shape index (κ1) is 33.9. The van der Waals surface area contributed by atoms with Gasteiger partial charge in [0.05, 0.1) is 18.6 Å². The molecule has 2 amide bonds. The van der Waals surface area contributed by atoms with Gasteiger partial charge in [-0.3, -0.25) is 13.9 Å². The third kappa shape index (κ3) is 10.3. The van der Waals surface area contributed by atoms with E-state index in [4.69, 9.17) is 16.3 Å². The summed E-state index contributed by atoms with van der Waals surface area (Å²) in [4.78, 5) is 29.2. The van der Waals surface area contributed by atoms with Crippen LogP contribution in [-0.4, -0.2) is 56.6 Å². The topological polar surface area (TPSA) is 96.0 Å². The highest BCUT2D eigenvalue weighted by Gasteiger charge is 2.31. The molecule has 0 saturated heterocycles. The van der Waals surface area contributed by atoms with Crippen LogP contribution in [0, 0.1) is 0 Å². The Labute approximate surface area is 261 Å². The molecule has 0 bridgehead atoms. The second-order valence-electron chi connectivity index (χ2n) is 10.5.